The molecule has 8 nitrogen and oxygen atoms in total. The lowest BCUT2D eigenvalue weighted by Crippen LogP contribution is -2.23. The summed E-state index contributed by atoms with van der Waals surface area (Å²) in [6.07, 6.45) is 1.67. The van der Waals surface area contributed by atoms with Crippen LogP contribution in [0.1, 0.15) is 18.1 Å². The Morgan fingerprint density at radius 3 is 2.86 bits per heavy atom. The Kier molecular flexibility index (Phi) is 4.17. The summed E-state index contributed by atoms with van der Waals surface area (Å²) in [7, 11) is 1.53. The SMILES string of the molecule is C=Cc1cccc(-n2nnn(C)c2=O)c1CON=C(C)N. The number of hydrogen-bond acceptors (Lipinski definition) is 5. The highest BCUT2D eigenvalue weighted by molar-refractivity contribution is 5.76. The summed E-state index contributed by atoms with van der Waals surface area (Å²) in [5, 5.41) is 11.2. The Morgan fingerprint density at radius 1 is 1.52 bits per heavy atom. The van der Waals surface area contributed by atoms with Crippen LogP contribution < -0.4 is 11.4 Å². The molecule has 1 aromatic heterocycles. The topological polar surface area (TPSA) is 100 Å². The van der Waals surface area contributed by atoms with Crippen LogP contribution in [-0.4, -0.2) is 25.6 Å². The fourth-order valence-electron chi connectivity index (χ4n) is 1.80. The Labute approximate surface area is 121 Å². The van der Waals surface area contributed by atoms with Gasteiger partial charge in [0.15, 0.2) is 0 Å². The van der Waals surface area contributed by atoms with Gasteiger partial charge in [0.05, 0.1) is 5.69 Å². The van der Waals surface area contributed by atoms with Crippen molar-refractivity contribution in [2.75, 3.05) is 0 Å². The zero-order chi connectivity index (χ0) is 15.4. The van der Waals surface area contributed by atoms with Gasteiger partial charge in [0.1, 0.15) is 12.4 Å². The predicted molar refractivity (Wildman–Crippen MR) is 78.8 cm³/mol. The molecular formula is C13H16N6O2. The van der Waals surface area contributed by atoms with E-state index in [0.717, 1.165) is 15.8 Å². The van der Waals surface area contributed by atoms with E-state index in [2.05, 4.69) is 22.2 Å². The maximum absolute atomic E-state index is 12.0. The van der Waals surface area contributed by atoms with Crippen molar-refractivity contribution in [1.29, 1.82) is 0 Å². The average Bonchev–Trinajstić information content (AvgIpc) is 2.79. The second-order valence-electron chi connectivity index (χ2n) is 4.35. The van der Waals surface area contributed by atoms with Crippen LogP contribution in [0.5, 0.6) is 0 Å². The first-order chi connectivity index (χ1) is 10.0. The van der Waals surface area contributed by atoms with Crippen molar-refractivity contribution in [1.82, 2.24) is 19.8 Å². The quantitative estimate of drug-likeness (QED) is 0.488. The summed E-state index contributed by atoms with van der Waals surface area (Å²) in [5.74, 6) is 0.310. The van der Waals surface area contributed by atoms with Crippen LogP contribution in [0.4, 0.5) is 0 Å². The maximum atomic E-state index is 12.0. The van der Waals surface area contributed by atoms with E-state index in [1.165, 1.54) is 11.7 Å². The van der Waals surface area contributed by atoms with Gasteiger partial charge in [0.25, 0.3) is 0 Å². The predicted octanol–water partition coefficient (Wildman–Crippen LogP) is 0.418. The number of hydrogen-bond donors (Lipinski definition) is 1. The standard InChI is InChI=1S/C13H16N6O2/c1-4-10-6-5-7-12(11(10)8-21-15-9(2)14)19-13(20)18(3)16-17-19/h4-7H,1,8H2,2-3H3,(H2,14,15). The molecule has 0 aliphatic rings. The van der Waals surface area contributed by atoms with Crippen molar-refractivity contribution in [3.63, 3.8) is 0 Å². The van der Waals surface area contributed by atoms with Crippen LogP contribution in [0.25, 0.3) is 11.8 Å². The van der Waals surface area contributed by atoms with E-state index in [-0.39, 0.29) is 12.3 Å². The van der Waals surface area contributed by atoms with Gasteiger partial charge >= 0.3 is 5.69 Å². The van der Waals surface area contributed by atoms with Crippen LogP contribution in [0, 0.1) is 0 Å². The maximum Gasteiger partial charge on any atom is 0.368 e. The van der Waals surface area contributed by atoms with Gasteiger partial charge in [-0.15, -0.1) is 0 Å². The third-order valence-electron chi connectivity index (χ3n) is 2.77. The minimum Gasteiger partial charge on any atom is -0.389 e. The number of nitrogens with zero attached hydrogens (tertiary/aromatic N) is 5. The number of aryl methyl sites for hydroxylation is 1. The molecule has 2 aromatic rings. The molecule has 2 N–H and O–H groups in total. The summed E-state index contributed by atoms with van der Waals surface area (Å²) >= 11 is 0. The van der Waals surface area contributed by atoms with Crippen LogP contribution in [0.3, 0.4) is 0 Å². The molecule has 110 valence electrons. The number of rotatable bonds is 5. The third kappa shape index (κ3) is 2.99. The Balaban J connectivity index is 2.50. The molecule has 0 bridgehead atoms. The number of amidine groups is 1. The number of tetrazole rings is 1. The number of aromatic nitrogens is 4. The first kappa shape index (κ1) is 14.5. The molecule has 0 radical (unpaired) electrons. The van der Waals surface area contributed by atoms with E-state index in [4.69, 9.17) is 10.6 Å². The van der Waals surface area contributed by atoms with Crippen molar-refractivity contribution in [2.45, 2.75) is 13.5 Å². The van der Waals surface area contributed by atoms with Crippen molar-refractivity contribution in [3.8, 4) is 5.69 Å². The molecule has 0 saturated carbocycles. The molecule has 2 rings (SSSR count). The largest absolute Gasteiger partial charge is 0.389 e. The monoisotopic (exact) mass is 288 g/mol. The lowest BCUT2D eigenvalue weighted by Gasteiger charge is -2.10. The molecule has 0 atom stereocenters. The Hall–Kier alpha value is -2.90. The van der Waals surface area contributed by atoms with Gasteiger partial charge in [0.2, 0.25) is 0 Å². The highest BCUT2D eigenvalue weighted by Gasteiger charge is 2.13. The first-order valence-electron chi connectivity index (χ1n) is 6.20. The fourth-order valence-corrected chi connectivity index (χ4v) is 1.80. The summed E-state index contributed by atoms with van der Waals surface area (Å²) < 4.78 is 2.35. The smallest absolute Gasteiger partial charge is 0.368 e. The number of oxime groups is 1. The summed E-state index contributed by atoms with van der Waals surface area (Å²) in [5.41, 5.74) is 7.18. The number of nitrogens with two attached hydrogens (primary N) is 1. The molecule has 0 saturated heterocycles. The van der Waals surface area contributed by atoms with Crippen LogP contribution in [0.15, 0.2) is 34.7 Å². The Morgan fingerprint density at radius 2 is 2.29 bits per heavy atom. The van der Waals surface area contributed by atoms with E-state index in [9.17, 15) is 4.79 Å². The zero-order valence-corrected chi connectivity index (χ0v) is 11.9. The van der Waals surface area contributed by atoms with Gasteiger partial charge in [0, 0.05) is 12.6 Å². The molecule has 1 heterocycles. The number of benzene rings is 1. The van der Waals surface area contributed by atoms with E-state index < -0.39 is 0 Å². The molecule has 1 aromatic carbocycles. The molecule has 0 amide bonds. The minimum atomic E-state index is -0.351. The fraction of sp³-hybridized carbons (Fsp3) is 0.231. The van der Waals surface area contributed by atoms with E-state index in [1.54, 1.807) is 25.1 Å². The minimum absolute atomic E-state index is 0.134. The summed E-state index contributed by atoms with van der Waals surface area (Å²) in [6, 6.07) is 5.41. The van der Waals surface area contributed by atoms with Crippen molar-refractivity contribution < 1.29 is 4.84 Å². The highest BCUT2D eigenvalue weighted by Crippen LogP contribution is 2.19. The van der Waals surface area contributed by atoms with Crippen molar-refractivity contribution in [3.05, 3.63) is 46.4 Å². The van der Waals surface area contributed by atoms with Gasteiger partial charge in [-0.3, -0.25) is 0 Å². The lowest BCUT2D eigenvalue weighted by molar-refractivity contribution is 0.129. The summed E-state index contributed by atoms with van der Waals surface area (Å²) in [4.78, 5) is 17.2. The molecule has 0 unspecified atom stereocenters. The third-order valence-corrected chi connectivity index (χ3v) is 2.77. The van der Waals surface area contributed by atoms with E-state index in [0.29, 0.717) is 11.5 Å². The van der Waals surface area contributed by atoms with Gasteiger partial charge < -0.3 is 10.6 Å². The normalized spacial score (nSPS) is 11.4. The van der Waals surface area contributed by atoms with E-state index >= 15 is 0 Å². The van der Waals surface area contributed by atoms with Gasteiger partial charge in [-0.2, -0.15) is 9.36 Å². The molecule has 0 fully saturated rings. The average molecular weight is 288 g/mol. The zero-order valence-electron chi connectivity index (χ0n) is 11.9. The Bertz CT molecular complexity index is 739. The molecule has 0 aliphatic carbocycles. The molecule has 21 heavy (non-hydrogen) atoms. The van der Waals surface area contributed by atoms with Crippen LogP contribution in [-0.2, 0) is 18.5 Å². The van der Waals surface area contributed by atoms with Gasteiger partial charge in [-0.05, 0) is 29.0 Å². The van der Waals surface area contributed by atoms with E-state index in [1.807, 2.05) is 6.07 Å². The van der Waals surface area contributed by atoms with Gasteiger partial charge in [-0.1, -0.05) is 29.9 Å². The van der Waals surface area contributed by atoms with Crippen molar-refractivity contribution >= 4 is 11.9 Å². The first-order valence-corrected chi connectivity index (χ1v) is 6.20. The van der Waals surface area contributed by atoms with Crippen LogP contribution >= 0.6 is 0 Å². The lowest BCUT2D eigenvalue weighted by atomic mass is 10.1. The second-order valence-corrected chi connectivity index (χ2v) is 4.35. The molecule has 0 spiro atoms. The second kappa shape index (κ2) is 6.04. The van der Waals surface area contributed by atoms with Gasteiger partial charge in [-0.25, -0.2) is 4.79 Å². The summed E-state index contributed by atoms with van der Waals surface area (Å²) in [6.45, 7) is 5.51. The highest BCUT2D eigenvalue weighted by atomic mass is 16.6. The van der Waals surface area contributed by atoms with Crippen molar-refractivity contribution in [2.24, 2.45) is 17.9 Å². The molecule has 8 heteroatoms. The molecule has 0 aliphatic heterocycles. The molecular weight excluding hydrogens is 272 g/mol. The van der Waals surface area contributed by atoms with Crippen LogP contribution in [0.2, 0.25) is 0 Å².